The minimum atomic E-state index is -0.147. The molecule has 1 aliphatic rings. The summed E-state index contributed by atoms with van der Waals surface area (Å²) in [4.78, 5) is 32.8. The van der Waals surface area contributed by atoms with Crippen LogP contribution in [0.4, 0.5) is 5.82 Å². The summed E-state index contributed by atoms with van der Waals surface area (Å²) in [6, 6.07) is 11.4. The number of benzene rings is 1. The number of hydrogen-bond acceptors (Lipinski definition) is 7. The second-order valence-electron chi connectivity index (χ2n) is 7.51. The Hall–Kier alpha value is -3.46. The van der Waals surface area contributed by atoms with Crippen LogP contribution in [0.25, 0.3) is 11.3 Å². The van der Waals surface area contributed by atoms with Crippen LogP contribution in [0.1, 0.15) is 18.1 Å². The Morgan fingerprint density at radius 2 is 1.90 bits per heavy atom. The molecule has 162 valence electrons. The fourth-order valence-corrected chi connectivity index (χ4v) is 3.50. The number of amides is 2. The number of oxazole rings is 1. The predicted octanol–water partition coefficient (Wildman–Crippen LogP) is 2.35. The molecule has 3 heterocycles. The molecule has 0 bridgehead atoms. The molecule has 31 heavy (non-hydrogen) atoms. The standard InChI is InChI=1S/C22H25N5O4/c1-16-13-19(25-31-16)24-20(28)15-26-9-11-27(12-10-26)22(29)8-7-21-23-14-18(30-21)17-5-3-2-4-6-17/h2-6,13-14H,7-12,15H2,1H3,(H,24,25,28). The largest absolute Gasteiger partial charge is 0.441 e. The third-order valence-electron chi connectivity index (χ3n) is 5.15. The van der Waals surface area contributed by atoms with E-state index in [9.17, 15) is 9.59 Å². The highest BCUT2D eigenvalue weighted by atomic mass is 16.5. The summed E-state index contributed by atoms with van der Waals surface area (Å²) in [7, 11) is 0. The van der Waals surface area contributed by atoms with Crippen LogP contribution in [0.5, 0.6) is 0 Å². The second-order valence-corrected chi connectivity index (χ2v) is 7.51. The van der Waals surface area contributed by atoms with E-state index < -0.39 is 0 Å². The molecule has 4 rings (SSSR count). The van der Waals surface area contributed by atoms with Crippen molar-refractivity contribution in [3.63, 3.8) is 0 Å². The highest BCUT2D eigenvalue weighted by molar-refractivity contribution is 5.91. The first-order chi connectivity index (χ1) is 15.1. The summed E-state index contributed by atoms with van der Waals surface area (Å²) in [5.74, 6) is 2.25. The van der Waals surface area contributed by atoms with Crippen LogP contribution in [0.3, 0.4) is 0 Å². The van der Waals surface area contributed by atoms with Gasteiger partial charge in [0.15, 0.2) is 17.5 Å². The number of aryl methyl sites for hydroxylation is 2. The Morgan fingerprint density at radius 1 is 1.13 bits per heavy atom. The summed E-state index contributed by atoms with van der Waals surface area (Å²) in [6.07, 6.45) is 2.51. The molecule has 3 aromatic rings. The van der Waals surface area contributed by atoms with Gasteiger partial charge in [-0.2, -0.15) is 0 Å². The molecule has 0 spiro atoms. The van der Waals surface area contributed by atoms with E-state index in [1.54, 1.807) is 19.2 Å². The molecule has 1 aromatic carbocycles. The SMILES string of the molecule is Cc1cc(NC(=O)CN2CCN(C(=O)CCc3ncc(-c4ccccc4)o3)CC2)no1. The van der Waals surface area contributed by atoms with Gasteiger partial charge in [-0.1, -0.05) is 35.5 Å². The van der Waals surface area contributed by atoms with Gasteiger partial charge < -0.3 is 19.2 Å². The average molecular weight is 423 g/mol. The minimum Gasteiger partial charge on any atom is -0.441 e. The minimum absolute atomic E-state index is 0.0710. The summed E-state index contributed by atoms with van der Waals surface area (Å²) in [5, 5.41) is 6.47. The van der Waals surface area contributed by atoms with Gasteiger partial charge in [-0.25, -0.2) is 4.98 Å². The average Bonchev–Trinajstić information content (AvgIpc) is 3.42. The third-order valence-corrected chi connectivity index (χ3v) is 5.15. The number of piperazine rings is 1. The number of carbonyl (C=O) groups excluding carboxylic acids is 2. The molecule has 9 nitrogen and oxygen atoms in total. The molecule has 2 aromatic heterocycles. The molecule has 0 unspecified atom stereocenters. The number of carbonyl (C=O) groups is 2. The van der Waals surface area contributed by atoms with Crippen molar-refractivity contribution in [1.82, 2.24) is 19.9 Å². The number of nitrogens with one attached hydrogen (secondary N) is 1. The van der Waals surface area contributed by atoms with Crippen molar-refractivity contribution >= 4 is 17.6 Å². The van der Waals surface area contributed by atoms with Gasteiger partial charge in [0, 0.05) is 50.7 Å². The number of nitrogens with zero attached hydrogens (tertiary/aromatic N) is 4. The molecule has 1 saturated heterocycles. The van der Waals surface area contributed by atoms with Gasteiger partial charge in [-0.3, -0.25) is 14.5 Å². The molecule has 1 aliphatic heterocycles. The zero-order valence-corrected chi connectivity index (χ0v) is 17.4. The summed E-state index contributed by atoms with van der Waals surface area (Å²) >= 11 is 0. The molecule has 1 N–H and O–H groups in total. The lowest BCUT2D eigenvalue weighted by molar-refractivity contribution is -0.133. The summed E-state index contributed by atoms with van der Waals surface area (Å²) < 4.78 is 10.7. The van der Waals surface area contributed by atoms with Gasteiger partial charge in [0.25, 0.3) is 0 Å². The zero-order chi connectivity index (χ0) is 21.6. The van der Waals surface area contributed by atoms with Gasteiger partial charge in [0.2, 0.25) is 11.8 Å². The Bertz CT molecular complexity index is 1020. The zero-order valence-electron chi connectivity index (χ0n) is 17.4. The van der Waals surface area contributed by atoms with E-state index >= 15 is 0 Å². The van der Waals surface area contributed by atoms with Crippen molar-refractivity contribution < 1.29 is 18.5 Å². The first-order valence-electron chi connectivity index (χ1n) is 10.3. The molecule has 9 heteroatoms. The summed E-state index contributed by atoms with van der Waals surface area (Å²) in [5.41, 5.74) is 0.964. The van der Waals surface area contributed by atoms with E-state index in [0.717, 1.165) is 5.56 Å². The van der Waals surface area contributed by atoms with Crippen LogP contribution < -0.4 is 5.32 Å². The molecule has 0 saturated carbocycles. The Morgan fingerprint density at radius 3 is 2.61 bits per heavy atom. The maximum Gasteiger partial charge on any atom is 0.239 e. The van der Waals surface area contributed by atoms with E-state index in [1.807, 2.05) is 40.1 Å². The molecular weight excluding hydrogens is 398 g/mol. The van der Waals surface area contributed by atoms with E-state index in [4.69, 9.17) is 8.94 Å². The van der Waals surface area contributed by atoms with Gasteiger partial charge in [-0.15, -0.1) is 0 Å². The second kappa shape index (κ2) is 9.57. The fourth-order valence-electron chi connectivity index (χ4n) is 3.50. The Balaban J connectivity index is 1.19. The summed E-state index contributed by atoms with van der Waals surface area (Å²) in [6.45, 7) is 4.50. The van der Waals surface area contributed by atoms with Gasteiger partial charge in [-0.05, 0) is 6.92 Å². The number of hydrogen-bond donors (Lipinski definition) is 1. The lowest BCUT2D eigenvalue weighted by Crippen LogP contribution is -2.50. The van der Waals surface area contributed by atoms with Crippen LogP contribution in [0.2, 0.25) is 0 Å². The normalized spacial score (nSPS) is 14.5. The van der Waals surface area contributed by atoms with Crippen LogP contribution in [0.15, 0.2) is 51.5 Å². The Labute approximate surface area is 180 Å². The van der Waals surface area contributed by atoms with Crippen LogP contribution in [-0.4, -0.2) is 64.5 Å². The number of anilines is 1. The van der Waals surface area contributed by atoms with Crippen molar-refractivity contribution in [3.8, 4) is 11.3 Å². The topological polar surface area (TPSA) is 105 Å². The van der Waals surface area contributed by atoms with Crippen LogP contribution in [0, 0.1) is 6.92 Å². The number of aromatic nitrogens is 2. The highest BCUT2D eigenvalue weighted by Gasteiger charge is 2.23. The first-order valence-corrected chi connectivity index (χ1v) is 10.3. The van der Waals surface area contributed by atoms with Crippen LogP contribution in [-0.2, 0) is 16.0 Å². The first kappa shape index (κ1) is 20.8. The van der Waals surface area contributed by atoms with E-state index in [1.165, 1.54) is 0 Å². The van der Waals surface area contributed by atoms with Crippen molar-refractivity contribution in [3.05, 3.63) is 54.2 Å². The van der Waals surface area contributed by atoms with Crippen molar-refractivity contribution in [2.45, 2.75) is 19.8 Å². The molecule has 1 fully saturated rings. The molecule has 0 atom stereocenters. The lowest BCUT2D eigenvalue weighted by Gasteiger charge is -2.34. The van der Waals surface area contributed by atoms with Crippen molar-refractivity contribution in [2.75, 3.05) is 38.0 Å². The van der Waals surface area contributed by atoms with Crippen molar-refractivity contribution in [2.24, 2.45) is 0 Å². The molecule has 2 amide bonds. The predicted molar refractivity (Wildman–Crippen MR) is 113 cm³/mol. The van der Waals surface area contributed by atoms with E-state index in [0.29, 0.717) is 62.2 Å². The van der Waals surface area contributed by atoms with Gasteiger partial charge >= 0.3 is 0 Å². The van der Waals surface area contributed by atoms with Crippen molar-refractivity contribution in [1.29, 1.82) is 0 Å². The van der Waals surface area contributed by atoms with Crippen LogP contribution >= 0.6 is 0 Å². The van der Waals surface area contributed by atoms with E-state index in [2.05, 4.69) is 15.5 Å². The third kappa shape index (κ3) is 5.58. The van der Waals surface area contributed by atoms with E-state index in [-0.39, 0.29) is 18.4 Å². The maximum absolute atomic E-state index is 12.6. The smallest absolute Gasteiger partial charge is 0.239 e. The Kier molecular flexibility index (Phi) is 6.42. The van der Waals surface area contributed by atoms with Gasteiger partial charge in [0.05, 0.1) is 12.7 Å². The maximum atomic E-state index is 12.6. The molecular formula is C22H25N5O4. The lowest BCUT2D eigenvalue weighted by atomic mass is 10.2. The fraction of sp³-hybridized carbons (Fsp3) is 0.364. The monoisotopic (exact) mass is 423 g/mol. The highest BCUT2D eigenvalue weighted by Crippen LogP contribution is 2.20. The molecule has 0 radical (unpaired) electrons. The number of rotatable bonds is 7. The molecule has 0 aliphatic carbocycles. The quantitative estimate of drug-likeness (QED) is 0.622. The van der Waals surface area contributed by atoms with Gasteiger partial charge in [0.1, 0.15) is 5.76 Å².